The summed E-state index contributed by atoms with van der Waals surface area (Å²) in [6.45, 7) is 1.55. The number of nitrogens with zero attached hydrogens (tertiary/aromatic N) is 5. The molecule has 0 spiro atoms. The average Bonchev–Trinajstić information content (AvgIpc) is 3.75. The van der Waals surface area contributed by atoms with E-state index in [4.69, 9.17) is 4.98 Å². The molecule has 0 fully saturated rings. The fourth-order valence-electron chi connectivity index (χ4n) is 4.60. The molecule has 0 radical (unpaired) electrons. The van der Waals surface area contributed by atoms with Gasteiger partial charge in [0.25, 0.3) is 5.91 Å². The number of thiophene rings is 1. The molecule has 1 aromatic carbocycles. The number of imidazole rings is 1. The number of rotatable bonds is 6. The lowest BCUT2D eigenvalue weighted by molar-refractivity contribution is 0.101. The van der Waals surface area contributed by atoms with Crippen molar-refractivity contribution < 1.29 is 9.59 Å². The third-order valence-electron chi connectivity index (χ3n) is 6.62. The van der Waals surface area contributed by atoms with Crippen LogP contribution in [0.2, 0.25) is 0 Å². The van der Waals surface area contributed by atoms with Gasteiger partial charge in [0.1, 0.15) is 11.2 Å². The van der Waals surface area contributed by atoms with Crippen molar-refractivity contribution in [2.45, 2.75) is 14.4 Å². The molecule has 0 saturated heterocycles. The summed E-state index contributed by atoms with van der Waals surface area (Å²) >= 11 is 1.41. The summed E-state index contributed by atoms with van der Waals surface area (Å²) < 4.78 is 0. The van der Waals surface area contributed by atoms with E-state index in [1.165, 1.54) is 11.3 Å². The SMILES string of the molecule is C.CC(=O)c1ccc(-c2cncc3[nH]c(-c4n[nH]c5ncc(-c6cncc(NC(=O)c7ccccc7)c6)cc45)nc23)s1. The summed E-state index contributed by atoms with van der Waals surface area (Å²) in [5.41, 5.74) is 6.25. The van der Waals surface area contributed by atoms with Gasteiger partial charge in [0, 0.05) is 45.7 Å². The fourth-order valence-corrected chi connectivity index (χ4v) is 5.51. The molecular formula is C31H24N8O2S. The second kappa shape index (κ2) is 10.8. The molecule has 0 aliphatic carbocycles. The molecule has 0 aliphatic rings. The standard InChI is InChI=1S/C30H20N8O2S.CH4/c1-16(39)24-7-8-25(41-24)22-14-32-15-23-26(22)36-29(35-23)27-21-10-19(12-33-28(21)38-37-27)18-9-20(13-31-11-18)34-30(40)17-5-3-2-4-6-17;/h2-15H,1H3,(H,34,40)(H,35,36)(H,33,37,38);1H4. The zero-order chi connectivity index (χ0) is 27.9. The first-order chi connectivity index (χ1) is 20.0. The third-order valence-corrected chi connectivity index (χ3v) is 7.84. The number of benzene rings is 1. The van der Waals surface area contributed by atoms with Crippen LogP contribution in [0.15, 0.2) is 85.6 Å². The van der Waals surface area contributed by atoms with Gasteiger partial charge in [-0.25, -0.2) is 9.97 Å². The zero-order valence-electron chi connectivity index (χ0n) is 21.5. The lowest BCUT2D eigenvalue weighted by atomic mass is 10.1. The first-order valence-electron chi connectivity index (χ1n) is 12.6. The van der Waals surface area contributed by atoms with Gasteiger partial charge in [-0.2, -0.15) is 5.10 Å². The molecule has 11 heteroatoms. The van der Waals surface area contributed by atoms with Gasteiger partial charge in [0.05, 0.1) is 33.9 Å². The normalized spacial score (nSPS) is 11.0. The Bertz CT molecular complexity index is 2090. The van der Waals surface area contributed by atoms with Gasteiger partial charge in [-0.15, -0.1) is 11.3 Å². The molecule has 206 valence electrons. The van der Waals surface area contributed by atoms with E-state index in [-0.39, 0.29) is 19.1 Å². The molecule has 3 N–H and O–H groups in total. The molecule has 7 rings (SSSR count). The molecular weight excluding hydrogens is 548 g/mol. The van der Waals surface area contributed by atoms with Gasteiger partial charge >= 0.3 is 0 Å². The number of aromatic nitrogens is 7. The number of fused-ring (bicyclic) bond motifs is 2. The van der Waals surface area contributed by atoms with Crippen LogP contribution in [0.4, 0.5) is 5.69 Å². The van der Waals surface area contributed by atoms with Crippen molar-refractivity contribution in [1.29, 1.82) is 0 Å². The van der Waals surface area contributed by atoms with E-state index < -0.39 is 0 Å². The number of amides is 1. The summed E-state index contributed by atoms with van der Waals surface area (Å²) in [5, 5.41) is 11.2. The van der Waals surface area contributed by atoms with Crippen molar-refractivity contribution in [3.8, 4) is 33.1 Å². The number of H-pyrrole nitrogens is 2. The number of carbonyl (C=O) groups is 2. The zero-order valence-corrected chi connectivity index (χ0v) is 22.4. The molecule has 0 bridgehead atoms. The Morgan fingerprint density at radius 2 is 1.71 bits per heavy atom. The van der Waals surface area contributed by atoms with Gasteiger partial charge in [-0.3, -0.25) is 24.7 Å². The van der Waals surface area contributed by atoms with Gasteiger partial charge in [0.15, 0.2) is 17.3 Å². The Morgan fingerprint density at radius 1 is 0.905 bits per heavy atom. The number of nitrogens with one attached hydrogen (secondary N) is 3. The van der Waals surface area contributed by atoms with Crippen molar-refractivity contribution in [3.63, 3.8) is 0 Å². The van der Waals surface area contributed by atoms with Crippen LogP contribution in [0.5, 0.6) is 0 Å². The number of Topliss-reactive ketones (excluding diaryl/α,β-unsaturated/α-hetero) is 1. The summed E-state index contributed by atoms with van der Waals surface area (Å²) in [5.74, 6) is 0.369. The van der Waals surface area contributed by atoms with Crippen LogP contribution < -0.4 is 5.32 Å². The van der Waals surface area contributed by atoms with Gasteiger partial charge in [-0.05, 0) is 43.3 Å². The molecule has 0 saturated carbocycles. The summed E-state index contributed by atoms with van der Waals surface area (Å²) in [4.78, 5) is 47.5. The minimum atomic E-state index is -0.214. The van der Waals surface area contributed by atoms with Crippen molar-refractivity contribution in [2.75, 3.05) is 5.32 Å². The summed E-state index contributed by atoms with van der Waals surface area (Å²) in [6.07, 6.45) is 8.52. The minimum absolute atomic E-state index is 0. The van der Waals surface area contributed by atoms with Crippen LogP contribution in [-0.2, 0) is 0 Å². The monoisotopic (exact) mass is 572 g/mol. The van der Waals surface area contributed by atoms with E-state index >= 15 is 0 Å². The molecule has 42 heavy (non-hydrogen) atoms. The Morgan fingerprint density at radius 3 is 2.52 bits per heavy atom. The number of anilines is 1. The molecule has 6 heterocycles. The number of aromatic amines is 2. The lowest BCUT2D eigenvalue weighted by Gasteiger charge is -2.07. The molecule has 0 unspecified atom stereocenters. The van der Waals surface area contributed by atoms with E-state index in [0.29, 0.717) is 33.3 Å². The van der Waals surface area contributed by atoms with Gasteiger partial charge < -0.3 is 10.3 Å². The van der Waals surface area contributed by atoms with Gasteiger partial charge in [-0.1, -0.05) is 25.6 Å². The van der Waals surface area contributed by atoms with Crippen LogP contribution in [0.1, 0.15) is 34.4 Å². The minimum Gasteiger partial charge on any atom is -0.335 e. The van der Waals surface area contributed by atoms with Crippen LogP contribution >= 0.6 is 11.3 Å². The Balaban J connectivity index is 0.00000316. The maximum absolute atomic E-state index is 12.6. The predicted octanol–water partition coefficient (Wildman–Crippen LogP) is 6.78. The van der Waals surface area contributed by atoms with E-state index in [1.54, 1.807) is 50.0 Å². The quantitative estimate of drug-likeness (QED) is 0.186. The highest BCUT2D eigenvalue weighted by atomic mass is 32.1. The molecule has 0 aliphatic heterocycles. The maximum atomic E-state index is 12.6. The summed E-state index contributed by atoms with van der Waals surface area (Å²) in [6, 6.07) is 16.6. The number of hydrogen-bond acceptors (Lipinski definition) is 8. The highest BCUT2D eigenvalue weighted by Gasteiger charge is 2.18. The average molecular weight is 573 g/mol. The Hall–Kier alpha value is -5.55. The van der Waals surface area contributed by atoms with E-state index in [2.05, 4.69) is 35.5 Å². The number of carbonyl (C=O) groups excluding carboxylic acids is 2. The Labute approximate surface area is 243 Å². The van der Waals surface area contributed by atoms with E-state index in [9.17, 15) is 9.59 Å². The lowest BCUT2D eigenvalue weighted by Crippen LogP contribution is -2.11. The van der Waals surface area contributed by atoms with Crippen molar-refractivity contribution >= 4 is 50.8 Å². The van der Waals surface area contributed by atoms with E-state index in [1.807, 2.05) is 42.5 Å². The highest BCUT2D eigenvalue weighted by Crippen LogP contribution is 2.35. The first-order valence-corrected chi connectivity index (χ1v) is 13.5. The smallest absolute Gasteiger partial charge is 0.255 e. The number of hydrogen-bond donors (Lipinski definition) is 3. The fraction of sp³-hybridized carbons (Fsp3) is 0.0645. The largest absolute Gasteiger partial charge is 0.335 e. The van der Waals surface area contributed by atoms with Crippen LogP contribution in [0.25, 0.3) is 55.2 Å². The van der Waals surface area contributed by atoms with Crippen LogP contribution in [0, 0.1) is 0 Å². The van der Waals surface area contributed by atoms with Crippen LogP contribution in [-0.4, -0.2) is 46.8 Å². The van der Waals surface area contributed by atoms with Crippen LogP contribution in [0.3, 0.4) is 0 Å². The highest BCUT2D eigenvalue weighted by molar-refractivity contribution is 7.17. The molecule has 6 aromatic heterocycles. The third kappa shape index (κ3) is 4.82. The molecule has 0 atom stereocenters. The number of pyridine rings is 3. The second-order valence-electron chi connectivity index (χ2n) is 9.36. The topological polar surface area (TPSA) is 142 Å². The molecule has 1 amide bonds. The number of ketones is 1. The molecule has 7 aromatic rings. The van der Waals surface area contributed by atoms with Crippen molar-refractivity contribution in [1.82, 2.24) is 35.1 Å². The van der Waals surface area contributed by atoms with E-state index in [0.717, 1.165) is 38.0 Å². The van der Waals surface area contributed by atoms with Gasteiger partial charge in [0.2, 0.25) is 0 Å². The summed E-state index contributed by atoms with van der Waals surface area (Å²) in [7, 11) is 0. The van der Waals surface area contributed by atoms with Crippen molar-refractivity contribution in [2.24, 2.45) is 0 Å². The second-order valence-corrected chi connectivity index (χ2v) is 10.4. The first kappa shape index (κ1) is 26.7. The van der Waals surface area contributed by atoms with Crippen molar-refractivity contribution in [3.05, 3.63) is 96.0 Å². The molecule has 10 nitrogen and oxygen atoms in total. The predicted molar refractivity (Wildman–Crippen MR) is 164 cm³/mol. The Kier molecular flexibility index (Phi) is 6.85. The maximum Gasteiger partial charge on any atom is 0.255 e.